The molecule has 2 heterocycles. The van der Waals surface area contributed by atoms with Crippen molar-refractivity contribution >= 4 is 30.0 Å². The molecule has 102 valence electrons. The first-order valence-corrected chi connectivity index (χ1v) is 6.26. The zero-order chi connectivity index (χ0) is 12.4. The summed E-state index contributed by atoms with van der Waals surface area (Å²) in [5, 5.41) is 7.98. The molecular weight excluding hydrogens is 287 g/mol. The van der Waals surface area contributed by atoms with Crippen LogP contribution in [0.3, 0.4) is 0 Å². The number of nitrogens with zero attached hydrogens (tertiary/aromatic N) is 3. The number of hydrogen-bond donors (Lipinski definition) is 1. The summed E-state index contributed by atoms with van der Waals surface area (Å²) in [7, 11) is 0. The van der Waals surface area contributed by atoms with Gasteiger partial charge in [-0.05, 0) is 24.3 Å². The number of hydrogen-bond acceptors (Lipinski definition) is 5. The Bertz CT molecular complexity index is 523. The highest BCUT2D eigenvalue weighted by Gasteiger charge is 2.17. The zero-order valence-corrected chi connectivity index (χ0v) is 11.7. The van der Waals surface area contributed by atoms with Gasteiger partial charge in [0, 0.05) is 36.8 Å². The fourth-order valence-electron chi connectivity index (χ4n) is 1.92. The van der Waals surface area contributed by atoms with E-state index in [9.17, 15) is 0 Å². The Balaban J connectivity index is 0.00000133. The third-order valence-electron chi connectivity index (χ3n) is 2.91. The van der Waals surface area contributed by atoms with E-state index in [0.29, 0.717) is 16.9 Å². The largest absolute Gasteiger partial charge is 0.324 e. The molecule has 7 heteroatoms. The molecule has 0 saturated carbocycles. The smallest absolute Gasteiger partial charge is 0.322 e. The predicted octanol–water partition coefficient (Wildman–Crippen LogP) is 2.22. The van der Waals surface area contributed by atoms with Gasteiger partial charge in [-0.25, -0.2) is 0 Å². The molecule has 1 aromatic heterocycles. The SMILES string of the molecule is Cl.Clc1ccc(-c2noc(N3CCNCC3)n2)cc1. The minimum absolute atomic E-state index is 0. The second-order valence-corrected chi connectivity index (χ2v) is 4.58. The van der Waals surface area contributed by atoms with Crippen LogP contribution in [0, 0.1) is 0 Å². The van der Waals surface area contributed by atoms with Gasteiger partial charge in [-0.15, -0.1) is 12.4 Å². The molecule has 1 N–H and O–H groups in total. The minimum Gasteiger partial charge on any atom is -0.322 e. The summed E-state index contributed by atoms with van der Waals surface area (Å²) >= 11 is 5.85. The van der Waals surface area contributed by atoms with Crippen LogP contribution in [0.1, 0.15) is 0 Å². The second kappa shape index (κ2) is 6.23. The average molecular weight is 301 g/mol. The topological polar surface area (TPSA) is 54.2 Å². The molecule has 0 amide bonds. The van der Waals surface area contributed by atoms with Crippen LogP contribution in [-0.4, -0.2) is 36.3 Å². The standard InChI is InChI=1S/C12H13ClN4O.ClH/c13-10-3-1-9(2-4-10)11-15-12(18-16-11)17-7-5-14-6-8-17;/h1-4,14H,5-8H2;1H. The molecule has 1 aliphatic heterocycles. The lowest BCUT2D eigenvalue weighted by molar-refractivity contribution is 0.405. The molecule has 0 atom stereocenters. The third-order valence-corrected chi connectivity index (χ3v) is 3.16. The van der Waals surface area contributed by atoms with Gasteiger partial charge in [-0.2, -0.15) is 4.98 Å². The van der Waals surface area contributed by atoms with Gasteiger partial charge in [-0.3, -0.25) is 0 Å². The molecule has 3 rings (SSSR count). The molecule has 1 saturated heterocycles. The molecule has 0 radical (unpaired) electrons. The van der Waals surface area contributed by atoms with Crippen molar-refractivity contribution in [3.63, 3.8) is 0 Å². The molecular formula is C12H14Cl2N4O. The van der Waals surface area contributed by atoms with Gasteiger partial charge in [0.15, 0.2) is 0 Å². The highest BCUT2D eigenvalue weighted by atomic mass is 35.5. The maximum atomic E-state index is 5.85. The van der Waals surface area contributed by atoms with E-state index in [1.807, 2.05) is 24.3 Å². The van der Waals surface area contributed by atoms with E-state index >= 15 is 0 Å². The summed E-state index contributed by atoms with van der Waals surface area (Å²) in [6.45, 7) is 3.67. The van der Waals surface area contributed by atoms with Crippen molar-refractivity contribution < 1.29 is 4.52 Å². The Kier molecular flexibility index (Phi) is 4.63. The van der Waals surface area contributed by atoms with E-state index in [0.717, 1.165) is 31.7 Å². The van der Waals surface area contributed by atoms with Crippen LogP contribution < -0.4 is 10.2 Å². The van der Waals surface area contributed by atoms with Crippen molar-refractivity contribution in [2.24, 2.45) is 0 Å². The normalized spacial score (nSPS) is 15.1. The Morgan fingerprint density at radius 2 is 1.84 bits per heavy atom. The summed E-state index contributed by atoms with van der Waals surface area (Å²) in [5.41, 5.74) is 0.907. The maximum Gasteiger partial charge on any atom is 0.324 e. The highest BCUT2D eigenvalue weighted by Crippen LogP contribution is 2.21. The lowest BCUT2D eigenvalue weighted by Gasteiger charge is -2.24. The van der Waals surface area contributed by atoms with Gasteiger partial charge in [0.05, 0.1) is 0 Å². The van der Waals surface area contributed by atoms with Gasteiger partial charge >= 0.3 is 6.01 Å². The molecule has 0 unspecified atom stereocenters. The van der Waals surface area contributed by atoms with E-state index in [2.05, 4.69) is 20.4 Å². The first kappa shape index (κ1) is 14.1. The van der Waals surface area contributed by atoms with Gasteiger partial charge in [-0.1, -0.05) is 16.8 Å². The summed E-state index contributed by atoms with van der Waals surface area (Å²) in [5.74, 6) is 0.597. The summed E-state index contributed by atoms with van der Waals surface area (Å²) in [6.07, 6.45) is 0. The van der Waals surface area contributed by atoms with Crippen LogP contribution in [0.15, 0.2) is 28.8 Å². The van der Waals surface area contributed by atoms with Crippen LogP contribution in [0.5, 0.6) is 0 Å². The number of aromatic nitrogens is 2. The zero-order valence-electron chi connectivity index (χ0n) is 10.2. The van der Waals surface area contributed by atoms with Crippen LogP contribution in [0.2, 0.25) is 5.02 Å². The van der Waals surface area contributed by atoms with Crippen molar-refractivity contribution in [3.8, 4) is 11.4 Å². The van der Waals surface area contributed by atoms with E-state index < -0.39 is 0 Å². The van der Waals surface area contributed by atoms with Crippen molar-refractivity contribution in [2.75, 3.05) is 31.1 Å². The second-order valence-electron chi connectivity index (χ2n) is 4.14. The number of halogens is 2. The molecule has 2 aromatic rings. The van der Waals surface area contributed by atoms with Gasteiger partial charge in [0.1, 0.15) is 0 Å². The van der Waals surface area contributed by atoms with E-state index in [1.165, 1.54) is 0 Å². The number of nitrogens with one attached hydrogen (secondary N) is 1. The number of anilines is 1. The monoisotopic (exact) mass is 300 g/mol. The van der Waals surface area contributed by atoms with Crippen molar-refractivity contribution in [1.29, 1.82) is 0 Å². The molecule has 1 aliphatic rings. The third kappa shape index (κ3) is 3.18. The lowest BCUT2D eigenvalue weighted by Crippen LogP contribution is -2.43. The summed E-state index contributed by atoms with van der Waals surface area (Å²) in [4.78, 5) is 6.50. The minimum atomic E-state index is 0. The number of rotatable bonds is 2. The quantitative estimate of drug-likeness (QED) is 0.922. The summed E-state index contributed by atoms with van der Waals surface area (Å²) < 4.78 is 5.29. The van der Waals surface area contributed by atoms with Crippen LogP contribution in [0.4, 0.5) is 6.01 Å². The molecule has 19 heavy (non-hydrogen) atoms. The van der Waals surface area contributed by atoms with Crippen molar-refractivity contribution in [2.45, 2.75) is 0 Å². The van der Waals surface area contributed by atoms with Gasteiger partial charge < -0.3 is 14.7 Å². The van der Waals surface area contributed by atoms with Crippen LogP contribution >= 0.6 is 24.0 Å². The van der Waals surface area contributed by atoms with Gasteiger partial charge in [0.25, 0.3) is 0 Å². The molecule has 0 bridgehead atoms. The van der Waals surface area contributed by atoms with E-state index in [4.69, 9.17) is 16.1 Å². The number of piperazine rings is 1. The molecule has 0 aliphatic carbocycles. The van der Waals surface area contributed by atoms with E-state index in [1.54, 1.807) is 0 Å². The summed E-state index contributed by atoms with van der Waals surface area (Å²) in [6, 6.07) is 7.99. The molecule has 5 nitrogen and oxygen atoms in total. The highest BCUT2D eigenvalue weighted by molar-refractivity contribution is 6.30. The maximum absolute atomic E-state index is 5.85. The Hall–Kier alpha value is -1.30. The predicted molar refractivity (Wildman–Crippen MR) is 77.1 cm³/mol. The Morgan fingerprint density at radius 3 is 2.53 bits per heavy atom. The van der Waals surface area contributed by atoms with E-state index in [-0.39, 0.29) is 12.4 Å². The Labute approximate surface area is 122 Å². The molecule has 0 spiro atoms. The first-order chi connectivity index (χ1) is 8.83. The van der Waals surface area contributed by atoms with Crippen LogP contribution in [0.25, 0.3) is 11.4 Å². The Morgan fingerprint density at radius 1 is 1.16 bits per heavy atom. The van der Waals surface area contributed by atoms with Crippen LogP contribution in [-0.2, 0) is 0 Å². The fraction of sp³-hybridized carbons (Fsp3) is 0.333. The first-order valence-electron chi connectivity index (χ1n) is 5.88. The lowest BCUT2D eigenvalue weighted by atomic mass is 10.2. The van der Waals surface area contributed by atoms with Crippen molar-refractivity contribution in [1.82, 2.24) is 15.5 Å². The molecule has 1 fully saturated rings. The van der Waals surface area contributed by atoms with Crippen molar-refractivity contribution in [3.05, 3.63) is 29.3 Å². The molecule has 1 aromatic carbocycles. The number of benzene rings is 1. The fourth-order valence-corrected chi connectivity index (χ4v) is 2.04. The van der Waals surface area contributed by atoms with Gasteiger partial charge in [0.2, 0.25) is 5.82 Å². The average Bonchev–Trinajstić information content (AvgIpc) is 2.90.